The van der Waals surface area contributed by atoms with Gasteiger partial charge in [-0.3, -0.25) is 9.10 Å². The fourth-order valence-corrected chi connectivity index (χ4v) is 4.00. The molecule has 0 aliphatic heterocycles. The number of hydrogen-bond donors (Lipinski definition) is 1. The van der Waals surface area contributed by atoms with Gasteiger partial charge in [0.05, 0.1) is 25.0 Å². The van der Waals surface area contributed by atoms with Crippen LogP contribution in [0.1, 0.15) is 15.9 Å². The molecule has 0 atom stereocenters. The van der Waals surface area contributed by atoms with Gasteiger partial charge in [-0.25, -0.2) is 12.8 Å². The Balaban J connectivity index is 1.61. The molecule has 168 valence electrons. The van der Waals surface area contributed by atoms with Crippen LogP contribution in [-0.4, -0.2) is 33.7 Å². The lowest BCUT2D eigenvalue weighted by atomic mass is 10.1. The molecule has 0 saturated heterocycles. The molecule has 1 amide bonds. The first-order chi connectivity index (χ1) is 15.2. The van der Waals surface area contributed by atoms with Crippen LogP contribution in [-0.2, 0) is 16.6 Å². The number of nitrogens with zero attached hydrogens (tertiary/aromatic N) is 1. The predicted molar refractivity (Wildman–Crippen MR) is 123 cm³/mol. The number of rotatable bonds is 9. The van der Waals surface area contributed by atoms with Gasteiger partial charge in [-0.1, -0.05) is 29.8 Å². The van der Waals surface area contributed by atoms with Crippen LogP contribution in [0, 0.1) is 5.82 Å². The topological polar surface area (TPSA) is 75.7 Å². The van der Waals surface area contributed by atoms with Gasteiger partial charge in [0.25, 0.3) is 5.91 Å². The lowest BCUT2D eigenvalue weighted by Gasteiger charge is -2.23. The molecular weight excluding hydrogens is 455 g/mol. The summed E-state index contributed by atoms with van der Waals surface area (Å²) in [5, 5.41) is 3.19. The zero-order valence-corrected chi connectivity index (χ0v) is 18.9. The molecule has 1 N–H and O–H groups in total. The number of ether oxygens (including phenoxy) is 1. The fraction of sp³-hybridized carbons (Fsp3) is 0.174. The van der Waals surface area contributed by atoms with Crippen molar-refractivity contribution in [2.24, 2.45) is 0 Å². The van der Waals surface area contributed by atoms with Gasteiger partial charge in [0.2, 0.25) is 10.0 Å². The summed E-state index contributed by atoms with van der Waals surface area (Å²) in [6.07, 6.45) is 1.12. The number of hydrogen-bond acceptors (Lipinski definition) is 4. The summed E-state index contributed by atoms with van der Waals surface area (Å²) in [5.41, 5.74) is 1.47. The third-order valence-electron chi connectivity index (χ3n) is 4.56. The van der Waals surface area contributed by atoms with Gasteiger partial charge in [-0.05, 0) is 60.2 Å². The zero-order valence-electron chi connectivity index (χ0n) is 17.3. The van der Waals surface area contributed by atoms with Crippen LogP contribution in [0.2, 0.25) is 5.02 Å². The highest BCUT2D eigenvalue weighted by atomic mass is 35.5. The Morgan fingerprint density at radius 1 is 1.03 bits per heavy atom. The molecule has 3 rings (SSSR count). The number of halogens is 2. The quantitative estimate of drug-likeness (QED) is 0.468. The van der Waals surface area contributed by atoms with Crippen LogP contribution in [0.3, 0.4) is 0 Å². The summed E-state index contributed by atoms with van der Waals surface area (Å²) < 4.78 is 44.2. The van der Waals surface area contributed by atoms with Gasteiger partial charge < -0.3 is 10.1 Å². The number of benzene rings is 3. The molecule has 32 heavy (non-hydrogen) atoms. The number of carbonyl (C=O) groups excluding carboxylic acids is 1. The highest BCUT2D eigenvalue weighted by molar-refractivity contribution is 7.92. The minimum Gasteiger partial charge on any atom is -0.492 e. The maximum Gasteiger partial charge on any atom is 0.251 e. The largest absolute Gasteiger partial charge is 0.492 e. The standard InChI is InChI=1S/C23H22ClFN2O4S/c1-32(29,30)27(16-18-4-2-3-5-22(18)24)20-10-6-17(7-11-20)23(28)26-14-15-31-21-12-8-19(25)9-13-21/h2-13H,14-16H2,1H3,(H,26,28). The Bertz CT molecular complexity index is 1170. The molecule has 3 aromatic carbocycles. The molecule has 0 unspecified atom stereocenters. The second-order valence-corrected chi connectivity index (χ2v) is 9.28. The lowest BCUT2D eigenvalue weighted by Crippen LogP contribution is -2.30. The summed E-state index contributed by atoms with van der Waals surface area (Å²) in [4.78, 5) is 12.3. The summed E-state index contributed by atoms with van der Waals surface area (Å²) in [6, 6.07) is 18.9. The first-order valence-corrected chi connectivity index (χ1v) is 11.9. The van der Waals surface area contributed by atoms with Gasteiger partial charge in [0, 0.05) is 10.6 Å². The van der Waals surface area contributed by atoms with Crippen molar-refractivity contribution in [3.8, 4) is 5.75 Å². The van der Waals surface area contributed by atoms with Crippen LogP contribution < -0.4 is 14.4 Å². The Morgan fingerprint density at radius 2 is 1.69 bits per heavy atom. The van der Waals surface area contributed by atoms with E-state index in [1.165, 1.54) is 28.6 Å². The second-order valence-electron chi connectivity index (χ2n) is 6.97. The van der Waals surface area contributed by atoms with Crippen LogP contribution >= 0.6 is 11.6 Å². The number of sulfonamides is 1. The number of amides is 1. The van der Waals surface area contributed by atoms with E-state index in [9.17, 15) is 17.6 Å². The van der Waals surface area contributed by atoms with Gasteiger partial charge in [-0.2, -0.15) is 0 Å². The van der Waals surface area contributed by atoms with Crippen molar-refractivity contribution in [1.29, 1.82) is 0 Å². The van der Waals surface area contributed by atoms with E-state index in [-0.39, 0.29) is 31.4 Å². The van der Waals surface area contributed by atoms with Gasteiger partial charge >= 0.3 is 0 Å². The molecule has 0 radical (unpaired) electrons. The molecule has 0 aromatic heterocycles. The van der Waals surface area contributed by atoms with Crippen molar-refractivity contribution in [3.63, 3.8) is 0 Å². The van der Waals surface area contributed by atoms with Crippen molar-refractivity contribution in [2.75, 3.05) is 23.7 Å². The van der Waals surface area contributed by atoms with E-state index in [2.05, 4.69) is 5.32 Å². The molecule has 0 aliphatic rings. The van der Waals surface area contributed by atoms with Crippen molar-refractivity contribution in [1.82, 2.24) is 5.32 Å². The molecule has 0 saturated carbocycles. The normalized spacial score (nSPS) is 11.1. The van der Waals surface area contributed by atoms with Crippen LogP contribution in [0.15, 0.2) is 72.8 Å². The van der Waals surface area contributed by atoms with Gasteiger partial charge in [0.1, 0.15) is 18.2 Å². The molecule has 0 fully saturated rings. The Kier molecular flexibility index (Phi) is 7.71. The maximum absolute atomic E-state index is 12.9. The maximum atomic E-state index is 12.9. The Labute approximate surface area is 191 Å². The number of anilines is 1. The summed E-state index contributed by atoms with van der Waals surface area (Å²) in [6.45, 7) is 0.542. The van der Waals surface area contributed by atoms with Crippen molar-refractivity contribution in [2.45, 2.75) is 6.54 Å². The predicted octanol–water partition coefficient (Wildman–Crippen LogP) is 4.25. The van der Waals surface area contributed by atoms with E-state index in [4.69, 9.17) is 16.3 Å². The third kappa shape index (κ3) is 6.45. The number of nitrogens with one attached hydrogen (secondary N) is 1. The van der Waals surface area contributed by atoms with Crippen LogP contribution in [0.4, 0.5) is 10.1 Å². The number of carbonyl (C=O) groups is 1. The van der Waals surface area contributed by atoms with Crippen molar-refractivity contribution < 1.29 is 22.3 Å². The second kappa shape index (κ2) is 10.5. The minimum absolute atomic E-state index is 0.0742. The fourth-order valence-electron chi connectivity index (χ4n) is 2.93. The van der Waals surface area contributed by atoms with Crippen molar-refractivity contribution in [3.05, 3.63) is 94.8 Å². The molecule has 0 aliphatic carbocycles. The molecular formula is C23H22ClFN2O4S. The SMILES string of the molecule is CS(=O)(=O)N(Cc1ccccc1Cl)c1ccc(C(=O)NCCOc2ccc(F)cc2)cc1. The summed E-state index contributed by atoms with van der Waals surface area (Å²) in [5.74, 6) is -0.170. The Hall–Kier alpha value is -3.10. The monoisotopic (exact) mass is 476 g/mol. The van der Waals surface area contributed by atoms with Crippen LogP contribution in [0.5, 0.6) is 5.75 Å². The van der Waals surface area contributed by atoms with Gasteiger partial charge in [0.15, 0.2) is 0 Å². The van der Waals surface area contributed by atoms with Crippen molar-refractivity contribution >= 4 is 33.2 Å². The molecule has 0 spiro atoms. The van der Waals surface area contributed by atoms with E-state index < -0.39 is 10.0 Å². The third-order valence-corrected chi connectivity index (χ3v) is 6.07. The van der Waals surface area contributed by atoms with E-state index in [0.29, 0.717) is 27.6 Å². The van der Waals surface area contributed by atoms with E-state index in [1.807, 2.05) is 0 Å². The first kappa shape index (κ1) is 23.6. The average Bonchev–Trinajstić information content (AvgIpc) is 2.76. The van der Waals surface area contributed by atoms with E-state index >= 15 is 0 Å². The van der Waals surface area contributed by atoms with E-state index in [0.717, 1.165) is 6.26 Å². The zero-order chi connectivity index (χ0) is 23.1. The molecule has 9 heteroatoms. The smallest absolute Gasteiger partial charge is 0.251 e. The molecule has 0 bridgehead atoms. The summed E-state index contributed by atoms with van der Waals surface area (Å²) in [7, 11) is -3.58. The molecule has 3 aromatic rings. The first-order valence-electron chi connectivity index (χ1n) is 9.72. The molecule has 6 nitrogen and oxygen atoms in total. The highest BCUT2D eigenvalue weighted by Gasteiger charge is 2.19. The van der Waals surface area contributed by atoms with Crippen LogP contribution in [0.25, 0.3) is 0 Å². The van der Waals surface area contributed by atoms with E-state index in [1.54, 1.807) is 48.5 Å². The summed E-state index contributed by atoms with van der Waals surface area (Å²) >= 11 is 6.18. The average molecular weight is 477 g/mol. The molecule has 0 heterocycles. The van der Waals surface area contributed by atoms with Gasteiger partial charge in [-0.15, -0.1) is 0 Å². The Morgan fingerprint density at radius 3 is 2.31 bits per heavy atom. The minimum atomic E-state index is -3.58. The highest BCUT2D eigenvalue weighted by Crippen LogP contribution is 2.24. The lowest BCUT2D eigenvalue weighted by molar-refractivity contribution is 0.0947.